The van der Waals surface area contributed by atoms with E-state index in [1.807, 2.05) is 0 Å². The van der Waals surface area contributed by atoms with Crippen LogP contribution in [0, 0.1) is 5.82 Å². The fourth-order valence-corrected chi connectivity index (χ4v) is 1.50. The Bertz CT molecular complexity index is 450. The number of hydrogen-bond donors (Lipinski definition) is 1. The van der Waals surface area contributed by atoms with E-state index in [-0.39, 0.29) is 13.2 Å². The summed E-state index contributed by atoms with van der Waals surface area (Å²) in [5.74, 6) is -2.19. The van der Waals surface area contributed by atoms with Crippen molar-refractivity contribution in [2.75, 3.05) is 20.3 Å². The summed E-state index contributed by atoms with van der Waals surface area (Å²) in [6, 6.07) is 5.84. The van der Waals surface area contributed by atoms with Crippen LogP contribution in [0.25, 0.3) is 0 Å². The largest absolute Gasteiger partial charge is 0.459 e. The molecule has 1 atom stereocenters. The molecule has 0 aromatic heterocycles. The minimum Gasteiger partial charge on any atom is -0.459 e. The maximum atomic E-state index is 13.1. The van der Waals surface area contributed by atoms with Crippen molar-refractivity contribution in [3.63, 3.8) is 0 Å². The van der Waals surface area contributed by atoms with Crippen LogP contribution < -0.4 is 5.32 Å². The van der Waals surface area contributed by atoms with E-state index in [0.717, 1.165) is 0 Å². The number of amides is 1. The van der Waals surface area contributed by atoms with Crippen LogP contribution in [0.2, 0.25) is 0 Å². The summed E-state index contributed by atoms with van der Waals surface area (Å²) in [7, 11) is 1.44. The molecule has 1 aromatic carbocycles. The van der Waals surface area contributed by atoms with E-state index >= 15 is 0 Å². The standard InChI is InChI=1S/C13H16FNO4/c1-3-19-13(17)12(16)15-8-11(18-2)9-5-4-6-10(14)7-9/h4-7,11H,3,8H2,1-2H3,(H,15,16). The maximum absolute atomic E-state index is 13.1. The molecule has 1 unspecified atom stereocenters. The highest BCUT2D eigenvalue weighted by atomic mass is 19.1. The topological polar surface area (TPSA) is 64.6 Å². The quantitative estimate of drug-likeness (QED) is 0.644. The molecule has 0 saturated carbocycles. The minimum absolute atomic E-state index is 0.0532. The molecule has 0 aliphatic heterocycles. The monoisotopic (exact) mass is 269 g/mol. The predicted molar refractivity (Wildman–Crippen MR) is 65.8 cm³/mol. The van der Waals surface area contributed by atoms with Gasteiger partial charge in [-0.25, -0.2) is 9.18 Å². The van der Waals surface area contributed by atoms with Gasteiger partial charge in [-0.3, -0.25) is 4.79 Å². The number of rotatable bonds is 5. The van der Waals surface area contributed by atoms with Gasteiger partial charge in [0.1, 0.15) is 5.82 Å². The van der Waals surface area contributed by atoms with Crippen molar-refractivity contribution in [1.29, 1.82) is 0 Å². The number of carbonyl (C=O) groups is 2. The molecule has 0 radical (unpaired) electrons. The van der Waals surface area contributed by atoms with Crippen molar-refractivity contribution in [2.24, 2.45) is 0 Å². The summed E-state index contributed by atoms with van der Waals surface area (Å²) < 4.78 is 22.8. The zero-order valence-electron chi connectivity index (χ0n) is 10.8. The van der Waals surface area contributed by atoms with Crippen molar-refractivity contribution >= 4 is 11.9 Å². The summed E-state index contributed by atoms with van der Waals surface area (Å²) in [6.45, 7) is 1.79. The van der Waals surface area contributed by atoms with E-state index < -0.39 is 23.8 Å². The van der Waals surface area contributed by atoms with E-state index in [4.69, 9.17) is 4.74 Å². The number of carbonyl (C=O) groups excluding carboxylic acids is 2. The fourth-order valence-electron chi connectivity index (χ4n) is 1.50. The second-order valence-corrected chi connectivity index (χ2v) is 3.71. The summed E-state index contributed by atoms with van der Waals surface area (Å²) >= 11 is 0. The molecule has 1 N–H and O–H groups in total. The number of nitrogens with one attached hydrogen (secondary N) is 1. The number of ether oxygens (including phenoxy) is 2. The Kier molecular flexibility index (Phi) is 5.95. The van der Waals surface area contributed by atoms with Crippen molar-refractivity contribution in [3.05, 3.63) is 35.6 Å². The zero-order valence-corrected chi connectivity index (χ0v) is 10.8. The number of benzene rings is 1. The van der Waals surface area contributed by atoms with Gasteiger partial charge in [-0.15, -0.1) is 0 Å². The number of halogens is 1. The summed E-state index contributed by atoms with van der Waals surface area (Å²) in [5.41, 5.74) is 0.576. The van der Waals surface area contributed by atoms with Gasteiger partial charge in [0.05, 0.1) is 12.7 Å². The first kappa shape index (κ1) is 15.1. The van der Waals surface area contributed by atoms with E-state index in [2.05, 4.69) is 10.1 Å². The summed E-state index contributed by atoms with van der Waals surface area (Å²) in [4.78, 5) is 22.4. The third-order valence-electron chi connectivity index (χ3n) is 2.41. The van der Waals surface area contributed by atoms with Gasteiger partial charge in [0, 0.05) is 13.7 Å². The molecule has 0 aliphatic carbocycles. The SMILES string of the molecule is CCOC(=O)C(=O)NCC(OC)c1cccc(F)c1. The third kappa shape index (κ3) is 4.67. The highest BCUT2D eigenvalue weighted by Crippen LogP contribution is 2.16. The Morgan fingerprint density at radius 3 is 2.74 bits per heavy atom. The van der Waals surface area contributed by atoms with Crippen LogP contribution in [0.3, 0.4) is 0 Å². The first-order valence-electron chi connectivity index (χ1n) is 5.81. The molecule has 0 fully saturated rings. The van der Waals surface area contributed by atoms with E-state index in [1.54, 1.807) is 19.1 Å². The van der Waals surface area contributed by atoms with Gasteiger partial charge in [-0.2, -0.15) is 0 Å². The number of methoxy groups -OCH3 is 1. The van der Waals surface area contributed by atoms with Crippen molar-refractivity contribution < 1.29 is 23.5 Å². The summed E-state index contributed by atoms with van der Waals surface area (Å²) in [5, 5.41) is 2.38. The molecule has 1 rings (SSSR count). The van der Waals surface area contributed by atoms with Crippen LogP contribution in [-0.2, 0) is 19.1 Å². The Labute approximate surface area is 110 Å². The molecule has 1 aromatic rings. The molecule has 5 nitrogen and oxygen atoms in total. The minimum atomic E-state index is -0.948. The highest BCUT2D eigenvalue weighted by molar-refractivity contribution is 6.32. The zero-order chi connectivity index (χ0) is 14.3. The Hall–Kier alpha value is -1.95. The van der Waals surface area contributed by atoms with Crippen molar-refractivity contribution in [3.8, 4) is 0 Å². The lowest BCUT2D eigenvalue weighted by Gasteiger charge is -2.16. The van der Waals surface area contributed by atoms with Gasteiger partial charge >= 0.3 is 11.9 Å². The second kappa shape index (κ2) is 7.48. The molecular formula is C13H16FNO4. The maximum Gasteiger partial charge on any atom is 0.396 e. The molecule has 6 heteroatoms. The highest BCUT2D eigenvalue weighted by Gasteiger charge is 2.17. The Balaban J connectivity index is 2.58. The smallest absolute Gasteiger partial charge is 0.396 e. The van der Waals surface area contributed by atoms with E-state index in [9.17, 15) is 14.0 Å². The molecule has 19 heavy (non-hydrogen) atoms. The predicted octanol–water partition coefficient (Wildman–Crippen LogP) is 1.19. The van der Waals surface area contributed by atoms with Crippen molar-refractivity contribution in [1.82, 2.24) is 5.32 Å². The average molecular weight is 269 g/mol. The normalized spacial score (nSPS) is 11.7. The summed E-state index contributed by atoms with van der Waals surface area (Å²) in [6.07, 6.45) is -0.533. The fraction of sp³-hybridized carbons (Fsp3) is 0.385. The van der Waals surface area contributed by atoms with Crippen LogP contribution in [0.5, 0.6) is 0 Å². The van der Waals surface area contributed by atoms with Gasteiger partial charge in [0.2, 0.25) is 0 Å². The average Bonchev–Trinajstić information content (AvgIpc) is 2.39. The lowest BCUT2D eigenvalue weighted by Crippen LogP contribution is -2.35. The van der Waals surface area contributed by atoms with Gasteiger partial charge in [0.15, 0.2) is 0 Å². The Morgan fingerprint density at radius 2 is 2.16 bits per heavy atom. The van der Waals surface area contributed by atoms with Gasteiger partial charge in [-0.1, -0.05) is 12.1 Å². The van der Waals surface area contributed by atoms with Crippen molar-refractivity contribution in [2.45, 2.75) is 13.0 Å². The molecule has 0 aliphatic rings. The van der Waals surface area contributed by atoms with Gasteiger partial charge in [0.25, 0.3) is 0 Å². The third-order valence-corrected chi connectivity index (χ3v) is 2.41. The van der Waals surface area contributed by atoms with Crippen LogP contribution in [0.1, 0.15) is 18.6 Å². The molecule has 104 valence electrons. The first-order valence-corrected chi connectivity index (χ1v) is 5.81. The molecule has 0 spiro atoms. The Morgan fingerprint density at radius 1 is 1.42 bits per heavy atom. The number of hydrogen-bond acceptors (Lipinski definition) is 4. The van der Waals surface area contributed by atoms with E-state index in [1.165, 1.54) is 19.2 Å². The molecular weight excluding hydrogens is 253 g/mol. The second-order valence-electron chi connectivity index (χ2n) is 3.71. The lowest BCUT2D eigenvalue weighted by atomic mass is 10.1. The van der Waals surface area contributed by atoms with E-state index in [0.29, 0.717) is 5.56 Å². The number of esters is 1. The van der Waals surface area contributed by atoms with Crippen LogP contribution >= 0.6 is 0 Å². The van der Waals surface area contributed by atoms with Crippen LogP contribution in [0.15, 0.2) is 24.3 Å². The molecule has 0 saturated heterocycles. The van der Waals surface area contributed by atoms with Gasteiger partial charge in [-0.05, 0) is 24.6 Å². The van der Waals surface area contributed by atoms with Gasteiger partial charge < -0.3 is 14.8 Å². The molecule has 0 bridgehead atoms. The van der Waals surface area contributed by atoms with Crippen LogP contribution in [-0.4, -0.2) is 32.1 Å². The lowest BCUT2D eigenvalue weighted by molar-refractivity contribution is -0.154. The molecule has 1 amide bonds. The van der Waals surface area contributed by atoms with Crippen LogP contribution in [0.4, 0.5) is 4.39 Å². The molecule has 0 heterocycles. The first-order chi connectivity index (χ1) is 9.08.